The predicted octanol–water partition coefficient (Wildman–Crippen LogP) is 4.35. The minimum atomic E-state index is -0.0849. The number of carbonyl (C=O) groups is 1. The quantitative estimate of drug-likeness (QED) is 0.621. The molecule has 3 aromatic rings. The van der Waals surface area contributed by atoms with Gasteiger partial charge in [-0.2, -0.15) is 5.26 Å². The summed E-state index contributed by atoms with van der Waals surface area (Å²) in [6, 6.07) is 15.0. The predicted molar refractivity (Wildman–Crippen MR) is 98.3 cm³/mol. The molecule has 0 aliphatic carbocycles. The van der Waals surface area contributed by atoms with Crippen LogP contribution in [-0.4, -0.2) is 17.0 Å². The SMILES string of the molecule is Cc1cc(C(=O)COc2ccccc2C#N)c(C)n1Cc1cccs1. The normalized spacial score (nSPS) is 10.4. The molecule has 1 aromatic carbocycles. The van der Waals surface area contributed by atoms with Crippen LogP contribution in [0.3, 0.4) is 0 Å². The van der Waals surface area contributed by atoms with E-state index < -0.39 is 0 Å². The first-order valence-electron chi connectivity index (χ1n) is 7.94. The molecule has 0 atom stereocenters. The summed E-state index contributed by atoms with van der Waals surface area (Å²) in [7, 11) is 0. The Morgan fingerprint density at radius 3 is 2.76 bits per heavy atom. The van der Waals surface area contributed by atoms with E-state index in [-0.39, 0.29) is 12.4 Å². The van der Waals surface area contributed by atoms with Gasteiger partial charge in [-0.1, -0.05) is 18.2 Å². The summed E-state index contributed by atoms with van der Waals surface area (Å²) in [5.41, 5.74) is 3.08. The lowest BCUT2D eigenvalue weighted by Gasteiger charge is -2.09. The number of para-hydroxylation sites is 1. The first-order chi connectivity index (χ1) is 12.1. The molecule has 0 saturated carbocycles. The Morgan fingerprint density at radius 1 is 1.24 bits per heavy atom. The average Bonchev–Trinajstić information content (AvgIpc) is 3.23. The van der Waals surface area contributed by atoms with Crippen molar-refractivity contribution in [2.45, 2.75) is 20.4 Å². The standard InChI is InChI=1S/C20H18N2O2S/c1-14-10-18(15(2)22(14)12-17-7-5-9-25-17)19(23)13-24-20-8-4-3-6-16(20)11-21/h3-10H,12-13H2,1-2H3. The van der Waals surface area contributed by atoms with E-state index >= 15 is 0 Å². The van der Waals surface area contributed by atoms with E-state index in [1.54, 1.807) is 35.6 Å². The third kappa shape index (κ3) is 3.65. The van der Waals surface area contributed by atoms with E-state index in [4.69, 9.17) is 10.00 Å². The Kier molecular flexibility index (Phi) is 5.01. The van der Waals surface area contributed by atoms with E-state index in [0.717, 1.165) is 17.9 Å². The van der Waals surface area contributed by atoms with Gasteiger partial charge in [-0.05, 0) is 43.5 Å². The molecule has 25 heavy (non-hydrogen) atoms. The number of nitrogens with zero attached hydrogens (tertiary/aromatic N) is 2. The van der Waals surface area contributed by atoms with Crippen molar-refractivity contribution in [1.82, 2.24) is 4.57 Å². The highest BCUT2D eigenvalue weighted by molar-refractivity contribution is 7.09. The van der Waals surface area contributed by atoms with Crippen molar-refractivity contribution < 1.29 is 9.53 Å². The summed E-state index contributed by atoms with van der Waals surface area (Å²) in [5.74, 6) is 0.351. The number of aryl methyl sites for hydroxylation is 1. The fraction of sp³-hybridized carbons (Fsp3) is 0.200. The lowest BCUT2D eigenvalue weighted by molar-refractivity contribution is 0.0920. The Balaban J connectivity index is 1.75. The second-order valence-electron chi connectivity index (χ2n) is 5.77. The molecule has 5 heteroatoms. The maximum absolute atomic E-state index is 12.6. The van der Waals surface area contributed by atoms with Gasteiger partial charge in [0.15, 0.2) is 6.61 Å². The zero-order valence-electron chi connectivity index (χ0n) is 14.2. The van der Waals surface area contributed by atoms with Crippen molar-refractivity contribution in [2.75, 3.05) is 6.61 Å². The van der Waals surface area contributed by atoms with Gasteiger partial charge in [0.05, 0.1) is 12.1 Å². The number of thiophene rings is 1. The Labute approximate surface area is 150 Å². The number of ether oxygens (including phenoxy) is 1. The highest BCUT2D eigenvalue weighted by Crippen LogP contribution is 2.21. The highest BCUT2D eigenvalue weighted by Gasteiger charge is 2.17. The van der Waals surface area contributed by atoms with E-state index in [2.05, 4.69) is 22.1 Å². The zero-order chi connectivity index (χ0) is 17.8. The third-order valence-corrected chi connectivity index (χ3v) is 5.00. The fourth-order valence-electron chi connectivity index (χ4n) is 2.79. The number of ketones is 1. The van der Waals surface area contributed by atoms with Gasteiger partial charge >= 0.3 is 0 Å². The molecule has 2 heterocycles. The van der Waals surface area contributed by atoms with Crippen LogP contribution in [0, 0.1) is 25.2 Å². The number of rotatable bonds is 6. The van der Waals surface area contributed by atoms with Gasteiger partial charge < -0.3 is 9.30 Å². The second-order valence-corrected chi connectivity index (χ2v) is 6.80. The number of hydrogen-bond acceptors (Lipinski definition) is 4. The Morgan fingerprint density at radius 2 is 2.04 bits per heavy atom. The number of aromatic nitrogens is 1. The number of carbonyl (C=O) groups excluding carboxylic acids is 1. The molecule has 0 amide bonds. The van der Waals surface area contributed by atoms with Crippen molar-refractivity contribution in [1.29, 1.82) is 5.26 Å². The molecule has 2 aromatic heterocycles. The van der Waals surface area contributed by atoms with Crippen molar-refractivity contribution in [3.63, 3.8) is 0 Å². The molecular formula is C20H18N2O2S. The van der Waals surface area contributed by atoms with Crippen LogP contribution in [0.5, 0.6) is 5.75 Å². The van der Waals surface area contributed by atoms with Crippen molar-refractivity contribution >= 4 is 17.1 Å². The van der Waals surface area contributed by atoms with Crippen molar-refractivity contribution in [3.05, 3.63) is 75.2 Å². The van der Waals surface area contributed by atoms with Crippen LogP contribution in [0.4, 0.5) is 0 Å². The molecule has 126 valence electrons. The van der Waals surface area contributed by atoms with Crippen LogP contribution in [0.15, 0.2) is 47.8 Å². The monoisotopic (exact) mass is 350 g/mol. The van der Waals surface area contributed by atoms with E-state index in [9.17, 15) is 4.79 Å². The summed E-state index contributed by atoms with van der Waals surface area (Å²) in [4.78, 5) is 13.8. The van der Waals surface area contributed by atoms with Crippen LogP contribution in [0.25, 0.3) is 0 Å². The van der Waals surface area contributed by atoms with Gasteiger partial charge in [-0.3, -0.25) is 4.79 Å². The summed E-state index contributed by atoms with van der Waals surface area (Å²) in [5, 5.41) is 11.1. The van der Waals surface area contributed by atoms with Gasteiger partial charge in [0, 0.05) is 21.8 Å². The van der Waals surface area contributed by atoms with Crippen molar-refractivity contribution in [2.24, 2.45) is 0 Å². The maximum atomic E-state index is 12.6. The number of Topliss-reactive ketones (excluding diaryl/α,β-unsaturated/α-hetero) is 1. The minimum Gasteiger partial charge on any atom is -0.484 e. The summed E-state index contributed by atoms with van der Waals surface area (Å²) in [6.45, 7) is 4.64. The third-order valence-electron chi connectivity index (χ3n) is 4.13. The van der Waals surface area contributed by atoms with Crippen LogP contribution < -0.4 is 4.74 Å². The van der Waals surface area contributed by atoms with Gasteiger partial charge in [0.25, 0.3) is 0 Å². The number of hydrogen-bond donors (Lipinski definition) is 0. The summed E-state index contributed by atoms with van der Waals surface area (Å²) < 4.78 is 7.72. The number of benzene rings is 1. The topological polar surface area (TPSA) is 55.0 Å². The molecule has 0 unspecified atom stereocenters. The molecule has 4 nitrogen and oxygen atoms in total. The average molecular weight is 350 g/mol. The van der Waals surface area contributed by atoms with E-state index in [1.165, 1.54) is 4.88 Å². The first-order valence-corrected chi connectivity index (χ1v) is 8.82. The lowest BCUT2D eigenvalue weighted by atomic mass is 10.1. The molecule has 0 aliphatic rings. The molecule has 0 N–H and O–H groups in total. The van der Waals surface area contributed by atoms with Crippen LogP contribution >= 0.6 is 11.3 Å². The van der Waals surface area contributed by atoms with Gasteiger partial charge in [0.2, 0.25) is 5.78 Å². The number of nitriles is 1. The molecular weight excluding hydrogens is 332 g/mol. The maximum Gasteiger partial charge on any atom is 0.202 e. The molecule has 0 saturated heterocycles. The van der Waals surface area contributed by atoms with Crippen LogP contribution in [0.2, 0.25) is 0 Å². The highest BCUT2D eigenvalue weighted by atomic mass is 32.1. The fourth-order valence-corrected chi connectivity index (χ4v) is 3.48. The molecule has 0 bridgehead atoms. The smallest absolute Gasteiger partial charge is 0.202 e. The molecule has 0 spiro atoms. The first kappa shape index (κ1) is 17.0. The van der Waals surface area contributed by atoms with Gasteiger partial charge in [0.1, 0.15) is 11.8 Å². The van der Waals surface area contributed by atoms with E-state index in [1.807, 2.05) is 26.0 Å². The molecule has 0 aliphatic heterocycles. The van der Waals surface area contributed by atoms with Crippen LogP contribution in [-0.2, 0) is 6.54 Å². The van der Waals surface area contributed by atoms with Crippen LogP contribution in [0.1, 0.15) is 32.2 Å². The van der Waals surface area contributed by atoms with Crippen molar-refractivity contribution in [3.8, 4) is 11.8 Å². The van der Waals surface area contributed by atoms with Gasteiger partial charge in [-0.15, -0.1) is 11.3 Å². The second kappa shape index (κ2) is 7.37. The zero-order valence-corrected chi connectivity index (χ0v) is 15.0. The molecule has 0 radical (unpaired) electrons. The summed E-state index contributed by atoms with van der Waals surface area (Å²) in [6.07, 6.45) is 0. The van der Waals surface area contributed by atoms with E-state index in [0.29, 0.717) is 16.9 Å². The molecule has 3 rings (SSSR count). The lowest BCUT2D eigenvalue weighted by Crippen LogP contribution is -2.13. The molecule has 0 fully saturated rings. The Hall–Kier alpha value is -2.84. The Bertz CT molecular complexity index is 933. The largest absolute Gasteiger partial charge is 0.484 e. The van der Waals surface area contributed by atoms with Gasteiger partial charge in [-0.25, -0.2) is 0 Å². The minimum absolute atomic E-state index is 0.0814. The summed E-state index contributed by atoms with van der Waals surface area (Å²) >= 11 is 1.70.